The fourth-order valence-electron chi connectivity index (χ4n) is 7.08. The number of aliphatic imine (C=N–C) groups is 1. The first-order valence-electron chi connectivity index (χ1n) is 17.6. The second-order valence-electron chi connectivity index (χ2n) is 13.4. The molecule has 0 radical (unpaired) electrons. The van der Waals surface area contributed by atoms with Crippen LogP contribution in [0.25, 0.3) is 5.00 Å². The number of fused-ring (bicyclic) bond motifs is 4. The number of hydrogen-bond acceptors (Lipinski definition) is 9. The largest absolute Gasteiger partial charge is 0.366 e. The molecule has 2 atom stereocenters. The highest BCUT2D eigenvalue weighted by molar-refractivity contribution is 7.15. The van der Waals surface area contributed by atoms with Crippen LogP contribution in [0.15, 0.2) is 65.3 Å². The molecule has 12 heteroatoms. The van der Waals surface area contributed by atoms with Gasteiger partial charge < -0.3 is 4.74 Å². The monoisotopic (exact) mass is 722 g/mol. The zero-order valence-electron chi connectivity index (χ0n) is 29.2. The first kappa shape index (κ1) is 34.2. The lowest BCUT2D eigenvalue weighted by Gasteiger charge is -2.27. The Morgan fingerprint density at radius 3 is 2.68 bits per heavy atom. The van der Waals surface area contributed by atoms with Crippen molar-refractivity contribution in [3.05, 3.63) is 110 Å². The lowest BCUT2D eigenvalue weighted by molar-refractivity contribution is -0.136. The quantitative estimate of drug-likeness (QED) is 0.157. The topological polar surface area (TPSA) is 136 Å². The van der Waals surface area contributed by atoms with Crippen LogP contribution in [0.2, 0.25) is 0 Å². The van der Waals surface area contributed by atoms with Gasteiger partial charge in [-0.05, 0) is 62.8 Å². The summed E-state index contributed by atoms with van der Waals surface area (Å²) in [6, 6.07) is 14.3. The number of thiophene rings is 1. The van der Waals surface area contributed by atoms with Gasteiger partial charge in [-0.25, -0.2) is 0 Å². The average molecular weight is 723 g/mol. The predicted molar refractivity (Wildman–Crippen MR) is 197 cm³/mol. The lowest BCUT2D eigenvalue weighted by Crippen LogP contribution is -2.54. The van der Waals surface area contributed by atoms with Crippen molar-refractivity contribution in [1.29, 1.82) is 0 Å². The number of benzene rings is 2. The van der Waals surface area contributed by atoms with Crippen molar-refractivity contribution in [3.8, 4) is 28.7 Å². The summed E-state index contributed by atoms with van der Waals surface area (Å²) in [7, 11) is 0. The number of aromatic nitrogens is 3. The van der Waals surface area contributed by atoms with E-state index in [0.717, 1.165) is 68.1 Å². The van der Waals surface area contributed by atoms with Crippen molar-refractivity contribution in [2.45, 2.75) is 77.5 Å². The molecule has 11 nitrogen and oxygen atoms in total. The Bertz CT molecular complexity index is 2400. The number of rotatable bonds is 6. The van der Waals surface area contributed by atoms with Crippen molar-refractivity contribution >= 4 is 40.7 Å². The molecule has 264 valence electrons. The maximum atomic E-state index is 13.3. The minimum absolute atomic E-state index is 0.0676. The minimum atomic E-state index is -1.02. The van der Waals surface area contributed by atoms with Gasteiger partial charge in [-0.1, -0.05) is 60.1 Å². The van der Waals surface area contributed by atoms with Crippen LogP contribution in [0, 0.1) is 30.6 Å². The number of carbonyl (C=O) groups is 4. The molecule has 0 spiro atoms. The molecular weight excluding hydrogens is 689 g/mol. The molecule has 1 fully saturated rings. The van der Waals surface area contributed by atoms with Crippen molar-refractivity contribution in [2.24, 2.45) is 4.99 Å². The number of ether oxygens (including phenoxy) is 1. The molecule has 4 aliphatic heterocycles. The van der Waals surface area contributed by atoms with E-state index in [9.17, 15) is 19.2 Å². The van der Waals surface area contributed by atoms with Crippen LogP contribution < -0.4 is 5.32 Å². The molecule has 6 heterocycles. The van der Waals surface area contributed by atoms with Crippen molar-refractivity contribution in [3.63, 3.8) is 0 Å². The summed E-state index contributed by atoms with van der Waals surface area (Å²) in [5.41, 5.74) is 6.35. The molecule has 0 saturated carbocycles. The van der Waals surface area contributed by atoms with Crippen LogP contribution in [0.5, 0.6) is 0 Å². The highest BCUT2D eigenvalue weighted by Gasteiger charge is 2.45. The second-order valence-corrected chi connectivity index (χ2v) is 14.4. The number of unbranched alkanes of at least 4 members (excludes halogenated alkanes) is 1. The van der Waals surface area contributed by atoms with Gasteiger partial charge in [0.1, 0.15) is 23.0 Å². The molecule has 8 rings (SSSR count). The van der Waals surface area contributed by atoms with Crippen LogP contribution in [0.3, 0.4) is 0 Å². The van der Waals surface area contributed by atoms with Gasteiger partial charge in [0, 0.05) is 47.9 Å². The molecule has 4 aromatic rings. The minimum Gasteiger partial charge on any atom is -0.366 e. The zero-order chi connectivity index (χ0) is 36.6. The standard InChI is InChI=1S/C41H34N6O5S/c1-24-37-45-44-25(2)46(37)41-32(23-52-24)31(21-26-10-5-3-6-11-26)34(53-41)18-16-27-20-29(42-22-27)14-8-4-7-12-28-13-9-15-30-36(28)40(51)47(39(30)50)33-17-19-35(48)43-38(33)49/h3,5-6,9-11,13,15,22,24,33H,4,8,14,17,19-21,23H2,1-2H3,(H,43,48,49)/t24-,33?/m0/s1. The number of nitrogens with zero attached hydrogens (tertiary/aromatic N) is 5. The molecule has 1 saturated heterocycles. The fourth-order valence-corrected chi connectivity index (χ4v) is 8.32. The number of carbonyl (C=O) groups excluding carboxylic acids is 4. The Kier molecular flexibility index (Phi) is 9.17. The smallest absolute Gasteiger partial charge is 0.263 e. The van der Waals surface area contributed by atoms with Gasteiger partial charge in [-0.2, -0.15) is 0 Å². The fraction of sp³-hybridized carbons (Fsp3) is 0.293. The van der Waals surface area contributed by atoms with Crippen LogP contribution in [0.1, 0.15) is 111 Å². The summed E-state index contributed by atoms with van der Waals surface area (Å²) in [6.07, 6.45) is 5.34. The summed E-state index contributed by atoms with van der Waals surface area (Å²) in [4.78, 5) is 57.1. The van der Waals surface area contributed by atoms with E-state index in [0.29, 0.717) is 25.0 Å². The van der Waals surface area contributed by atoms with Gasteiger partial charge in [0.05, 0.1) is 22.6 Å². The molecule has 1 unspecified atom stereocenters. The maximum absolute atomic E-state index is 13.3. The SMILES string of the molecule is Cc1nnc2n1-c1sc(C#CC3=CN=C(CCCC#Cc4cccc5c4C(=O)N(C4CCC(=O)NC4=O)C5=O)C3)c(Cc3ccccc3)c1CO[C@H]2C. The number of aryl methyl sites for hydroxylation is 1. The molecule has 1 N–H and O–H groups in total. The molecule has 4 aliphatic rings. The Morgan fingerprint density at radius 2 is 1.85 bits per heavy atom. The Balaban J connectivity index is 0.921. The molecule has 0 aliphatic carbocycles. The number of amides is 4. The Hall–Kier alpha value is -5.95. The molecule has 4 amide bonds. The summed E-state index contributed by atoms with van der Waals surface area (Å²) in [5, 5.41) is 12.0. The van der Waals surface area contributed by atoms with E-state index >= 15 is 0 Å². The highest BCUT2D eigenvalue weighted by Crippen LogP contribution is 2.39. The van der Waals surface area contributed by atoms with E-state index < -0.39 is 29.7 Å². The van der Waals surface area contributed by atoms with Crippen LogP contribution in [-0.4, -0.2) is 55.0 Å². The Morgan fingerprint density at radius 1 is 1.00 bits per heavy atom. The number of piperidine rings is 1. The normalized spacial score (nSPS) is 18.9. The summed E-state index contributed by atoms with van der Waals surface area (Å²) >= 11 is 1.65. The van der Waals surface area contributed by atoms with E-state index in [1.807, 2.05) is 26.1 Å². The third-order valence-corrected chi connectivity index (χ3v) is 11.0. The Labute approximate surface area is 310 Å². The first-order valence-corrected chi connectivity index (χ1v) is 18.4. The summed E-state index contributed by atoms with van der Waals surface area (Å²) in [6.45, 7) is 4.44. The number of nitrogens with one attached hydrogen (secondary N) is 1. The highest BCUT2D eigenvalue weighted by atomic mass is 32.1. The number of hydrogen-bond donors (Lipinski definition) is 1. The van der Waals surface area contributed by atoms with Gasteiger partial charge >= 0.3 is 0 Å². The second kappa shape index (κ2) is 14.2. The third-order valence-electron chi connectivity index (χ3n) is 9.81. The van der Waals surface area contributed by atoms with E-state index in [2.05, 4.69) is 73.0 Å². The van der Waals surface area contributed by atoms with Crippen molar-refractivity contribution < 1.29 is 23.9 Å². The third kappa shape index (κ3) is 6.52. The predicted octanol–water partition coefficient (Wildman–Crippen LogP) is 5.52. The van der Waals surface area contributed by atoms with Gasteiger partial charge in [-0.3, -0.25) is 39.0 Å². The summed E-state index contributed by atoms with van der Waals surface area (Å²) < 4.78 is 8.34. The van der Waals surface area contributed by atoms with Gasteiger partial charge in [0.15, 0.2) is 5.82 Å². The number of imide groups is 2. The summed E-state index contributed by atoms with van der Waals surface area (Å²) in [5.74, 6) is 12.6. The van der Waals surface area contributed by atoms with Crippen LogP contribution in [-0.2, 0) is 27.4 Å². The van der Waals surface area contributed by atoms with Crippen LogP contribution >= 0.6 is 11.3 Å². The van der Waals surface area contributed by atoms with Gasteiger partial charge in [0.25, 0.3) is 11.8 Å². The molecule has 2 aromatic carbocycles. The van der Waals surface area contributed by atoms with Crippen molar-refractivity contribution in [2.75, 3.05) is 0 Å². The average Bonchev–Trinajstić information content (AvgIpc) is 3.89. The molecule has 53 heavy (non-hydrogen) atoms. The van der Waals surface area contributed by atoms with Crippen LogP contribution in [0.4, 0.5) is 0 Å². The van der Waals surface area contributed by atoms with Crippen molar-refractivity contribution in [1.82, 2.24) is 25.0 Å². The van der Waals surface area contributed by atoms with E-state index in [4.69, 9.17) is 4.74 Å². The molecule has 2 aromatic heterocycles. The zero-order valence-corrected chi connectivity index (χ0v) is 30.0. The van der Waals surface area contributed by atoms with Gasteiger partial charge in [0.2, 0.25) is 11.8 Å². The van der Waals surface area contributed by atoms with E-state index in [1.165, 1.54) is 5.56 Å². The first-order chi connectivity index (χ1) is 25.8. The van der Waals surface area contributed by atoms with E-state index in [-0.39, 0.29) is 30.1 Å². The van der Waals surface area contributed by atoms with E-state index in [1.54, 1.807) is 29.5 Å². The molecular formula is C41H34N6O5S. The molecule has 0 bridgehead atoms. The lowest BCUT2D eigenvalue weighted by atomic mass is 10.0. The maximum Gasteiger partial charge on any atom is 0.263 e. The number of allylic oxidation sites excluding steroid dienone is 1. The van der Waals surface area contributed by atoms with Gasteiger partial charge in [-0.15, -0.1) is 21.5 Å².